The van der Waals surface area contributed by atoms with Gasteiger partial charge in [0.05, 0.1) is 12.1 Å². The molecule has 1 aromatic carbocycles. The third-order valence-electron chi connectivity index (χ3n) is 5.09. The zero-order chi connectivity index (χ0) is 20.8. The topological polar surface area (TPSA) is 79.3 Å². The summed E-state index contributed by atoms with van der Waals surface area (Å²) in [7, 11) is 1.87. The van der Waals surface area contributed by atoms with E-state index < -0.39 is 0 Å². The van der Waals surface area contributed by atoms with Crippen molar-refractivity contribution in [2.45, 2.75) is 5.92 Å². The SMILES string of the molecule is C=CCN(CC=C)C(=O)c1ccc(NC(=O)[C@H]2CNC[C@@H]2c2cnn(C)c2)cc1. The molecule has 7 heteroatoms. The van der Waals surface area contributed by atoms with Crippen LogP contribution in [0, 0.1) is 5.92 Å². The summed E-state index contributed by atoms with van der Waals surface area (Å²) in [5, 5.41) is 10.5. The molecule has 1 fully saturated rings. The van der Waals surface area contributed by atoms with E-state index in [2.05, 4.69) is 28.9 Å². The van der Waals surface area contributed by atoms with Crippen molar-refractivity contribution < 1.29 is 9.59 Å². The smallest absolute Gasteiger partial charge is 0.254 e. The lowest BCUT2D eigenvalue weighted by Gasteiger charge is -2.20. The van der Waals surface area contributed by atoms with Crippen LogP contribution in [0.4, 0.5) is 5.69 Å². The number of anilines is 1. The second-order valence-electron chi connectivity index (χ2n) is 7.17. The first-order chi connectivity index (χ1) is 14.0. The second kappa shape index (κ2) is 9.34. The second-order valence-corrected chi connectivity index (χ2v) is 7.17. The fraction of sp³-hybridized carbons (Fsp3) is 0.318. The molecule has 0 unspecified atom stereocenters. The van der Waals surface area contributed by atoms with E-state index in [0.29, 0.717) is 30.9 Å². The van der Waals surface area contributed by atoms with Gasteiger partial charge in [0.2, 0.25) is 5.91 Å². The normalized spacial score (nSPS) is 18.2. The Hall–Kier alpha value is -3.19. The third-order valence-corrected chi connectivity index (χ3v) is 5.09. The van der Waals surface area contributed by atoms with Gasteiger partial charge in [0.25, 0.3) is 5.91 Å². The lowest BCUT2D eigenvalue weighted by Crippen LogP contribution is -2.31. The van der Waals surface area contributed by atoms with Crippen molar-refractivity contribution in [2.75, 3.05) is 31.5 Å². The molecule has 2 heterocycles. The number of rotatable bonds is 8. The van der Waals surface area contributed by atoms with Crippen molar-refractivity contribution in [2.24, 2.45) is 13.0 Å². The Morgan fingerprint density at radius 3 is 2.52 bits per heavy atom. The minimum absolute atomic E-state index is 0.0390. The summed E-state index contributed by atoms with van der Waals surface area (Å²) in [5.74, 6) is -0.214. The van der Waals surface area contributed by atoms with Gasteiger partial charge in [-0.1, -0.05) is 12.2 Å². The minimum atomic E-state index is -0.170. The average molecular weight is 393 g/mol. The molecule has 0 spiro atoms. The van der Waals surface area contributed by atoms with Gasteiger partial charge in [-0.2, -0.15) is 5.10 Å². The van der Waals surface area contributed by atoms with Gasteiger partial charge in [0, 0.05) is 56.6 Å². The standard InChI is InChI=1S/C22H27N5O2/c1-4-10-27(11-5-2)22(29)16-6-8-18(9-7-16)25-21(28)20-14-23-13-19(20)17-12-24-26(3)15-17/h4-9,12,15,19-20,23H,1-2,10-11,13-14H2,3H3,(H,25,28)/t19-,20+/m1/s1. The summed E-state index contributed by atoms with van der Waals surface area (Å²) in [4.78, 5) is 27.1. The van der Waals surface area contributed by atoms with Gasteiger partial charge in [-0.05, 0) is 29.8 Å². The molecule has 0 radical (unpaired) electrons. The summed E-state index contributed by atoms with van der Waals surface area (Å²) in [6.07, 6.45) is 7.14. The van der Waals surface area contributed by atoms with Gasteiger partial charge in [0.15, 0.2) is 0 Å². The molecule has 29 heavy (non-hydrogen) atoms. The zero-order valence-electron chi connectivity index (χ0n) is 16.7. The molecular formula is C22H27N5O2. The van der Waals surface area contributed by atoms with Crippen LogP contribution in [-0.2, 0) is 11.8 Å². The number of carbonyl (C=O) groups excluding carboxylic acids is 2. The maximum atomic E-state index is 12.8. The fourth-order valence-electron chi connectivity index (χ4n) is 3.60. The molecule has 1 aliphatic heterocycles. The van der Waals surface area contributed by atoms with Crippen LogP contribution in [0.5, 0.6) is 0 Å². The maximum Gasteiger partial charge on any atom is 0.254 e. The number of hydrogen-bond acceptors (Lipinski definition) is 4. The number of nitrogens with one attached hydrogen (secondary N) is 2. The molecule has 2 N–H and O–H groups in total. The van der Waals surface area contributed by atoms with E-state index in [9.17, 15) is 9.59 Å². The number of aryl methyl sites for hydroxylation is 1. The van der Waals surface area contributed by atoms with Gasteiger partial charge < -0.3 is 15.5 Å². The van der Waals surface area contributed by atoms with Crippen molar-refractivity contribution >= 4 is 17.5 Å². The highest BCUT2D eigenvalue weighted by Gasteiger charge is 2.34. The Bertz CT molecular complexity index is 877. The first kappa shape index (κ1) is 20.5. The lowest BCUT2D eigenvalue weighted by atomic mass is 9.90. The number of hydrogen-bond donors (Lipinski definition) is 2. The van der Waals surface area contributed by atoms with Gasteiger partial charge in [-0.25, -0.2) is 0 Å². The van der Waals surface area contributed by atoms with Crippen LogP contribution in [0.3, 0.4) is 0 Å². The number of carbonyl (C=O) groups is 2. The van der Waals surface area contributed by atoms with Gasteiger partial charge in [-0.15, -0.1) is 13.2 Å². The van der Waals surface area contributed by atoms with Crippen LogP contribution in [-0.4, -0.2) is 52.7 Å². The predicted molar refractivity (Wildman–Crippen MR) is 114 cm³/mol. The molecule has 0 aliphatic carbocycles. The van der Waals surface area contributed by atoms with E-state index in [1.165, 1.54) is 0 Å². The van der Waals surface area contributed by atoms with Crippen molar-refractivity contribution in [3.63, 3.8) is 0 Å². The zero-order valence-corrected chi connectivity index (χ0v) is 16.7. The lowest BCUT2D eigenvalue weighted by molar-refractivity contribution is -0.119. The number of aromatic nitrogens is 2. The van der Waals surface area contributed by atoms with Crippen LogP contribution in [0.2, 0.25) is 0 Å². The van der Waals surface area contributed by atoms with E-state index >= 15 is 0 Å². The summed E-state index contributed by atoms with van der Waals surface area (Å²) < 4.78 is 1.75. The van der Waals surface area contributed by atoms with E-state index in [0.717, 1.165) is 12.1 Å². The van der Waals surface area contributed by atoms with E-state index in [-0.39, 0.29) is 23.7 Å². The molecule has 1 aromatic heterocycles. The third kappa shape index (κ3) is 4.81. The van der Waals surface area contributed by atoms with E-state index in [4.69, 9.17) is 0 Å². The summed E-state index contributed by atoms with van der Waals surface area (Å²) in [6, 6.07) is 6.96. The van der Waals surface area contributed by atoms with Crippen LogP contribution in [0.25, 0.3) is 0 Å². The van der Waals surface area contributed by atoms with Crippen molar-refractivity contribution in [3.8, 4) is 0 Å². The number of benzene rings is 1. The molecule has 152 valence electrons. The largest absolute Gasteiger partial charge is 0.331 e. The van der Waals surface area contributed by atoms with Gasteiger partial charge >= 0.3 is 0 Å². The number of nitrogens with zero attached hydrogens (tertiary/aromatic N) is 3. The predicted octanol–water partition coefficient (Wildman–Crippen LogP) is 2.18. The molecule has 1 saturated heterocycles. The Labute approximate surface area is 171 Å². The van der Waals surface area contributed by atoms with Crippen molar-refractivity contribution in [1.29, 1.82) is 0 Å². The Morgan fingerprint density at radius 2 is 1.93 bits per heavy atom. The maximum absolute atomic E-state index is 12.8. The molecule has 3 rings (SSSR count). The highest BCUT2D eigenvalue weighted by atomic mass is 16.2. The van der Waals surface area contributed by atoms with Crippen LogP contribution in [0.15, 0.2) is 62.0 Å². The quantitative estimate of drug-likeness (QED) is 0.674. The van der Waals surface area contributed by atoms with E-state index in [1.54, 1.807) is 46.0 Å². The van der Waals surface area contributed by atoms with Crippen LogP contribution >= 0.6 is 0 Å². The van der Waals surface area contributed by atoms with Crippen LogP contribution in [0.1, 0.15) is 21.8 Å². The monoisotopic (exact) mass is 393 g/mol. The molecule has 2 amide bonds. The highest BCUT2D eigenvalue weighted by Crippen LogP contribution is 2.29. The van der Waals surface area contributed by atoms with Crippen LogP contribution < -0.4 is 10.6 Å². The summed E-state index contributed by atoms with van der Waals surface area (Å²) >= 11 is 0. The van der Waals surface area contributed by atoms with Crippen molar-refractivity contribution in [3.05, 3.63) is 73.1 Å². The average Bonchev–Trinajstić information content (AvgIpc) is 3.36. The molecule has 2 atom stereocenters. The molecular weight excluding hydrogens is 366 g/mol. The molecule has 0 bridgehead atoms. The Morgan fingerprint density at radius 1 is 1.24 bits per heavy atom. The van der Waals surface area contributed by atoms with Crippen molar-refractivity contribution in [1.82, 2.24) is 20.0 Å². The Kier molecular flexibility index (Phi) is 6.61. The first-order valence-corrected chi connectivity index (χ1v) is 9.64. The first-order valence-electron chi connectivity index (χ1n) is 9.64. The fourth-order valence-corrected chi connectivity index (χ4v) is 3.60. The summed E-state index contributed by atoms with van der Waals surface area (Å²) in [5.41, 5.74) is 2.29. The molecule has 0 saturated carbocycles. The Balaban J connectivity index is 1.66. The molecule has 1 aliphatic rings. The minimum Gasteiger partial charge on any atom is -0.331 e. The summed E-state index contributed by atoms with van der Waals surface area (Å²) in [6.45, 7) is 9.65. The van der Waals surface area contributed by atoms with E-state index in [1.807, 2.05) is 19.4 Å². The van der Waals surface area contributed by atoms with Gasteiger partial charge in [-0.3, -0.25) is 14.3 Å². The molecule has 2 aromatic rings. The molecule has 7 nitrogen and oxygen atoms in total. The number of amides is 2. The highest BCUT2D eigenvalue weighted by molar-refractivity contribution is 5.96. The van der Waals surface area contributed by atoms with Gasteiger partial charge in [0.1, 0.15) is 0 Å².